The number of carbonyl (C=O) groups is 1. The molecule has 33 heavy (non-hydrogen) atoms. The second-order valence-electron chi connectivity index (χ2n) is 7.77. The summed E-state index contributed by atoms with van der Waals surface area (Å²) in [5, 5.41) is 2.53. The fourth-order valence-corrected chi connectivity index (χ4v) is 4.31. The molecule has 1 aliphatic rings. The number of aryl methyl sites for hydroxylation is 1. The number of rotatable bonds is 6. The second kappa shape index (κ2) is 9.16. The Morgan fingerprint density at radius 2 is 1.67 bits per heavy atom. The molecule has 0 atom stereocenters. The lowest BCUT2D eigenvalue weighted by atomic mass is 10.1. The Balaban J connectivity index is 1.99. The maximum Gasteiger partial charge on any atom is 0.284 e. The topological polar surface area (TPSA) is 111 Å². The molecule has 3 aromatic rings. The average Bonchev–Trinajstić information content (AvgIpc) is 2.81. The van der Waals surface area contributed by atoms with Gasteiger partial charge < -0.3 is 15.0 Å². The molecular weight excluding hydrogens is 444 g/mol. The number of sulfone groups is 1. The van der Waals surface area contributed by atoms with Crippen LogP contribution in [-0.4, -0.2) is 56.9 Å². The van der Waals surface area contributed by atoms with E-state index >= 15 is 0 Å². The Labute approximate surface area is 191 Å². The van der Waals surface area contributed by atoms with Gasteiger partial charge in [-0.2, -0.15) is 0 Å². The zero-order chi connectivity index (χ0) is 23.6. The lowest BCUT2D eigenvalue weighted by Crippen LogP contribution is -2.39. The van der Waals surface area contributed by atoms with E-state index in [0.717, 1.165) is 11.8 Å². The number of amides is 1. The molecule has 1 fully saturated rings. The van der Waals surface area contributed by atoms with Crippen LogP contribution >= 0.6 is 0 Å². The summed E-state index contributed by atoms with van der Waals surface area (Å²) in [5.41, 5.74) is 1.79. The van der Waals surface area contributed by atoms with Crippen LogP contribution in [0.3, 0.4) is 0 Å². The monoisotopic (exact) mass is 468 g/mol. The standard InChI is InChI=1S/C23H24N4O5S/c1-16-3-7-18(8-4-16)27-21(17-5-9-19(10-6-17)33(2,30)31)25-22(20(23(27)29)24-15-28)26-11-13-32-14-12-26/h3-10,15H,11-14H2,1-2H3,(H,24,28). The lowest BCUT2D eigenvalue weighted by Gasteiger charge is -2.30. The van der Waals surface area contributed by atoms with Crippen molar-refractivity contribution < 1.29 is 17.9 Å². The highest BCUT2D eigenvalue weighted by atomic mass is 32.2. The van der Waals surface area contributed by atoms with Gasteiger partial charge in [0.05, 0.1) is 23.8 Å². The van der Waals surface area contributed by atoms with Gasteiger partial charge in [-0.3, -0.25) is 14.2 Å². The third kappa shape index (κ3) is 4.67. The number of hydrogen-bond acceptors (Lipinski definition) is 7. The third-order valence-electron chi connectivity index (χ3n) is 5.41. The van der Waals surface area contributed by atoms with E-state index in [1.54, 1.807) is 24.3 Å². The number of aromatic nitrogens is 2. The predicted octanol–water partition coefficient (Wildman–Crippen LogP) is 2.02. The van der Waals surface area contributed by atoms with Crippen molar-refractivity contribution in [2.45, 2.75) is 11.8 Å². The summed E-state index contributed by atoms with van der Waals surface area (Å²) >= 11 is 0. The fraction of sp³-hybridized carbons (Fsp3) is 0.261. The van der Waals surface area contributed by atoms with E-state index < -0.39 is 15.4 Å². The number of nitrogens with zero attached hydrogens (tertiary/aromatic N) is 3. The minimum atomic E-state index is -3.38. The number of benzene rings is 2. The fourth-order valence-electron chi connectivity index (χ4n) is 3.68. The molecule has 0 saturated carbocycles. The van der Waals surface area contributed by atoms with Crippen LogP contribution in [0, 0.1) is 6.92 Å². The Bertz CT molecular complexity index is 1330. The van der Waals surface area contributed by atoms with Crippen LogP contribution in [0.2, 0.25) is 0 Å². The van der Waals surface area contributed by atoms with Crippen LogP contribution in [-0.2, 0) is 19.4 Å². The summed E-state index contributed by atoms with van der Waals surface area (Å²) in [6, 6.07) is 13.6. The van der Waals surface area contributed by atoms with E-state index in [-0.39, 0.29) is 10.6 Å². The van der Waals surface area contributed by atoms with Gasteiger partial charge in [-0.1, -0.05) is 17.7 Å². The minimum Gasteiger partial charge on any atom is -0.378 e. The molecule has 0 spiro atoms. The van der Waals surface area contributed by atoms with Crippen molar-refractivity contribution in [3.8, 4) is 17.1 Å². The first-order chi connectivity index (χ1) is 15.8. The van der Waals surface area contributed by atoms with Crippen molar-refractivity contribution in [1.82, 2.24) is 9.55 Å². The average molecular weight is 469 g/mol. The zero-order valence-corrected chi connectivity index (χ0v) is 19.1. The quantitative estimate of drug-likeness (QED) is 0.551. The number of anilines is 2. The van der Waals surface area contributed by atoms with Crippen molar-refractivity contribution in [1.29, 1.82) is 0 Å². The number of hydrogen-bond donors (Lipinski definition) is 1. The van der Waals surface area contributed by atoms with Gasteiger partial charge >= 0.3 is 0 Å². The molecule has 1 amide bonds. The van der Waals surface area contributed by atoms with Crippen LogP contribution in [0.5, 0.6) is 0 Å². The van der Waals surface area contributed by atoms with Crippen molar-refractivity contribution in [2.75, 3.05) is 42.8 Å². The molecule has 1 N–H and O–H groups in total. The van der Waals surface area contributed by atoms with Gasteiger partial charge in [0, 0.05) is 24.9 Å². The van der Waals surface area contributed by atoms with Crippen LogP contribution in [0.15, 0.2) is 58.2 Å². The smallest absolute Gasteiger partial charge is 0.284 e. The molecule has 1 aliphatic heterocycles. The molecule has 0 bridgehead atoms. The number of morpholine rings is 1. The highest BCUT2D eigenvalue weighted by Crippen LogP contribution is 2.28. The van der Waals surface area contributed by atoms with Gasteiger partial charge in [-0.15, -0.1) is 0 Å². The van der Waals surface area contributed by atoms with Crippen LogP contribution in [0.1, 0.15) is 5.56 Å². The molecule has 0 unspecified atom stereocenters. The maximum atomic E-state index is 13.7. The summed E-state index contributed by atoms with van der Waals surface area (Å²) in [7, 11) is -3.38. The molecule has 10 heteroatoms. The van der Waals surface area contributed by atoms with E-state index in [9.17, 15) is 18.0 Å². The summed E-state index contributed by atoms with van der Waals surface area (Å²) < 4.78 is 30.6. The molecule has 9 nitrogen and oxygen atoms in total. The van der Waals surface area contributed by atoms with Crippen molar-refractivity contribution in [3.63, 3.8) is 0 Å². The Morgan fingerprint density at radius 3 is 2.24 bits per heavy atom. The summed E-state index contributed by atoms with van der Waals surface area (Å²) in [6.45, 7) is 3.92. The van der Waals surface area contributed by atoms with E-state index in [0.29, 0.717) is 55.6 Å². The Hall–Kier alpha value is -3.50. The normalized spacial score (nSPS) is 14.2. The highest BCUT2D eigenvalue weighted by Gasteiger charge is 2.24. The van der Waals surface area contributed by atoms with Crippen LogP contribution in [0.4, 0.5) is 11.5 Å². The van der Waals surface area contributed by atoms with Gasteiger partial charge in [0.25, 0.3) is 5.56 Å². The van der Waals surface area contributed by atoms with E-state index in [4.69, 9.17) is 9.72 Å². The number of ether oxygens (including phenoxy) is 1. The Kier molecular flexibility index (Phi) is 6.30. The Morgan fingerprint density at radius 1 is 1.03 bits per heavy atom. The molecule has 172 valence electrons. The summed E-state index contributed by atoms with van der Waals surface area (Å²) in [6.07, 6.45) is 1.60. The molecule has 1 saturated heterocycles. The largest absolute Gasteiger partial charge is 0.378 e. The third-order valence-corrected chi connectivity index (χ3v) is 6.54. The van der Waals surface area contributed by atoms with Crippen molar-refractivity contribution >= 4 is 27.8 Å². The van der Waals surface area contributed by atoms with Crippen LogP contribution < -0.4 is 15.8 Å². The van der Waals surface area contributed by atoms with Gasteiger partial charge in [-0.25, -0.2) is 13.4 Å². The molecular formula is C23H24N4O5S. The predicted molar refractivity (Wildman–Crippen MR) is 126 cm³/mol. The summed E-state index contributed by atoms with van der Waals surface area (Å²) in [5.74, 6) is 0.683. The first-order valence-electron chi connectivity index (χ1n) is 10.4. The molecule has 0 aliphatic carbocycles. The summed E-state index contributed by atoms with van der Waals surface area (Å²) in [4.78, 5) is 31.9. The van der Waals surface area contributed by atoms with Gasteiger partial charge in [0.2, 0.25) is 6.41 Å². The lowest BCUT2D eigenvalue weighted by molar-refractivity contribution is -0.105. The zero-order valence-electron chi connectivity index (χ0n) is 18.3. The SMILES string of the molecule is Cc1ccc(-n2c(-c3ccc(S(C)(=O)=O)cc3)nc(N3CCOCC3)c(NC=O)c2=O)cc1. The first-order valence-corrected chi connectivity index (χ1v) is 12.3. The highest BCUT2D eigenvalue weighted by molar-refractivity contribution is 7.90. The molecule has 2 aromatic carbocycles. The molecule has 0 radical (unpaired) electrons. The van der Waals surface area contributed by atoms with E-state index in [2.05, 4.69) is 5.32 Å². The van der Waals surface area contributed by atoms with Crippen molar-refractivity contribution in [2.24, 2.45) is 0 Å². The van der Waals surface area contributed by atoms with Gasteiger partial charge in [0.15, 0.2) is 21.3 Å². The number of carbonyl (C=O) groups excluding carboxylic acids is 1. The first kappa shape index (κ1) is 22.7. The maximum absolute atomic E-state index is 13.7. The minimum absolute atomic E-state index is 0.0731. The molecule has 4 rings (SSSR count). The van der Waals surface area contributed by atoms with Gasteiger partial charge in [-0.05, 0) is 43.3 Å². The molecule has 1 aromatic heterocycles. The molecule has 2 heterocycles. The van der Waals surface area contributed by atoms with Crippen molar-refractivity contribution in [3.05, 3.63) is 64.4 Å². The van der Waals surface area contributed by atoms with E-state index in [1.165, 1.54) is 16.7 Å². The van der Waals surface area contributed by atoms with Gasteiger partial charge in [0.1, 0.15) is 5.82 Å². The van der Waals surface area contributed by atoms with E-state index in [1.807, 2.05) is 24.0 Å². The number of nitrogens with one attached hydrogen (secondary N) is 1. The van der Waals surface area contributed by atoms with Crippen LogP contribution in [0.25, 0.3) is 17.1 Å². The second-order valence-corrected chi connectivity index (χ2v) is 9.78.